The number of Topliss-reactive ketones (excluding diaryl/α,β-unsaturated/α-hetero) is 1. The van der Waals surface area contributed by atoms with Crippen molar-refractivity contribution in [3.8, 4) is 0 Å². The topological polar surface area (TPSA) is 111 Å². The molecule has 1 unspecified atom stereocenters. The van der Waals surface area contributed by atoms with Gasteiger partial charge in [-0.25, -0.2) is 4.79 Å². The van der Waals surface area contributed by atoms with Gasteiger partial charge in [-0.15, -0.1) is 0 Å². The first-order valence-corrected chi connectivity index (χ1v) is 5.90. The van der Waals surface area contributed by atoms with Crippen LogP contribution < -0.4 is 16.4 Å². The summed E-state index contributed by atoms with van der Waals surface area (Å²) in [6.07, 6.45) is -5.02. The zero-order chi connectivity index (χ0) is 16.2. The number of halogens is 3. The van der Waals surface area contributed by atoms with Gasteiger partial charge in [0.1, 0.15) is 0 Å². The van der Waals surface area contributed by atoms with Crippen molar-refractivity contribution in [3.05, 3.63) is 5.76 Å². The van der Waals surface area contributed by atoms with Crippen molar-refractivity contribution < 1.29 is 32.3 Å². The smallest absolute Gasteiger partial charge is 0.471 e. The molecule has 0 bridgehead atoms. The van der Waals surface area contributed by atoms with Gasteiger partial charge in [-0.1, -0.05) is 0 Å². The standard InChI is InChI=1S/C11H14F3N3O4/c1-21-7(4-18)8(17-10(20)11(12,13)14)9(19)6-2-5(15)3-16-6/h5-6,8,16H,2-3,15H2,1H3,(H,17,20)/t5-,6-,8?/m0/s1. The van der Waals surface area contributed by atoms with Crippen LogP contribution >= 0.6 is 0 Å². The van der Waals surface area contributed by atoms with Gasteiger partial charge in [0, 0.05) is 12.6 Å². The summed E-state index contributed by atoms with van der Waals surface area (Å²) >= 11 is 0. The SMILES string of the molecule is COC(=C=O)C(NC(=O)C(F)(F)F)C(=O)[C@@H]1C[C@H](N)CN1. The molecule has 10 heteroatoms. The van der Waals surface area contributed by atoms with Crippen molar-refractivity contribution in [3.63, 3.8) is 0 Å². The third-order valence-electron chi connectivity index (χ3n) is 2.91. The number of nitrogens with one attached hydrogen (secondary N) is 2. The summed E-state index contributed by atoms with van der Waals surface area (Å²) in [5.41, 5.74) is 5.58. The van der Waals surface area contributed by atoms with Crippen LogP contribution in [-0.2, 0) is 19.1 Å². The molecule has 1 saturated heterocycles. The molecule has 0 radical (unpaired) electrons. The van der Waals surface area contributed by atoms with Gasteiger partial charge in [0.15, 0.2) is 17.8 Å². The number of methoxy groups -OCH3 is 1. The van der Waals surface area contributed by atoms with E-state index in [0.29, 0.717) is 6.54 Å². The fourth-order valence-electron chi connectivity index (χ4n) is 1.88. The number of hydrogen-bond donors (Lipinski definition) is 3. The molecule has 1 fully saturated rings. The summed E-state index contributed by atoms with van der Waals surface area (Å²) < 4.78 is 41.3. The molecule has 0 saturated carbocycles. The highest BCUT2D eigenvalue weighted by Gasteiger charge is 2.44. The lowest BCUT2D eigenvalue weighted by molar-refractivity contribution is -0.174. The Kier molecular flexibility index (Phi) is 5.47. The molecule has 1 amide bonds. The van der Waals surface area contributed by atoms with E-state index in [1.165, 1.54) is 11.3 Å². The molecule has 1 rings (SSSR count). The molecule has 0 aromatic carbocycles. The van der Waals surface area contributed by atoms with Crippen molar-refractivity contribution in [1.29, 1.82) is 0 Å². The second-order valence-electron chi connectivity index (χ2n) is 4.43. The van der Waals surface area contributed by atoms with E-state index in [-0.39, 0.29) is 12.5 Å². The highest BCUT2D eigenvalue weighted by molar-refractivity contribution is 5.97. The van der Waals surface area contributed by atoms with E-state index in [0.717, 1.165) is 7.11 Å². The molecule has 0 aliphatic carbocycles. The third kappa shape index (κ3) is 4.28. The van der Waals surface area contributed by atoms with Gasteiger partial charge in [0.25, 0.3) is 0 Å². The van der Waals surface area contributed by atoms with Gasteiger partial charge >= 0.3 is 12.1 Å². The van der Waals surface area contributed by atoms with E-state index < -0.39 is 35.7 Å². The van der Waals surface area contributed by atoms with Crippen molar-refractivity contribution >= 4 is 17.6 Å². The van der Waals surface area contributed by atoms with Crippen LogP contribution in [0, 0.1) is 0 Å². The number of ether oxygens (including phenoxy) is 1. The number of nitrogens with two attached hydrogens (primary N) is 1. The van der Waals surface area contributed by atoms with Gasteiger partial charge in [-0.3, -0.25) is 9.59 Å². The fourth-order valence-corrected chi connectivity index (χ4v) is 1.88. The summed E-state index contributed by atoms with van der Waals surface area (Å²) in [5, 5.41) is 4.13. The summed E-state index contributed by atoms with van der Waals surface area (Å²) in [5.74, 6) is -2.73. The molecule has 21 heavy (non-hydrogen) atoms. The Morgan fingerprint density at radius 2 is 2.10 bits per heavy atom. The highest BCUT2D eigenvalue weighted by Crippen LogP contribution is 2.17. The van der Waals surface area contributed by atoms with Crippen LogP contribution in [0.1, 0.15) is 6.42 Å². The van der Waals surface area contributed by atoms with E-state index in [4.69, 9.17) is 5.73 Å². The Labute approximate surface area is 117 Å². The highest BCUT2D eigenvalue weighted by atomic mass is 19.4. The number of hydrogen-bond acceptors (Lipinski definition) is 6. The summed E-state index contributed by atoms with van der Waals surface area (Å²) in [7, 11) is 0.980. The number of ketones is 1. The lowest BCUT2D eigenvalue weighted by Crippen LogP contribution is -2.52. The maximum atomic E-state index is 12.3. The number of amides is 1. The van der Waals surface area contributed by atoms with Crippen LogP contribution in [0.25, 0.3) is 0 Å². The maximum Gasteiger partial charge on any atom is 0.471 e. The van der Waals surface area contributed by atoms with Crippen LogP contribution in [0.4, 0.5) is 13.2 Å². The zero-order valence-electron chi connectivity index (χ0n) is 11.0. The molecule has 1 aliphatic heterocycles. The Balaban J connectivity index is 2.95. The molecule has 1 aliphatic rings. The molecule has 4 N–H and O–H groups in total. The minimum absolute atomic E-state index is 0.174. The Morgan fingerprint density at radius 1 is 1.48 bits per heavy atom. The lowest BCUT2D eigenvalue weighted by Gasteiger charge is -2.21. The zero-order valence-corrected chi connectivity index (χ0v) is 11.0. The van der Waals surface area contributed by atoms with Crippen LogP contribution in [-0.4, -0.2) is 55.6 Å². The van der Waals surface area contributed by atoms with Crippen molar-refractivity contribution in [1.82, 2.24) is 10.6 Å². The Morgan fingerprint density at radius 3 is 2.48 bits per heavy atom. The van der Waals surface area contributed by atoms with Crippen molar-refractivity contribution in [2.24, 2.45) is 5.73 Å². The van der Waals surface area contributed by atoms with E-state index in [1.807, 2.05) is 0 Å². The maximum absolute atomic E-state index is 12.3. The van der Waals surface area contributed by atoms with E-state index in [1.54, 1.807) is 0 Å². The third-order valence-corrected chi connectivity index (χ3v) is 2.91. The Hall–Kier alpha value is -1.90. The van der Waals surface area contributed by atoms with Gasteiger partial charge in [-0.05, 0) is 6.42 Å². The van der Waals surface area contributed by atoms with Gasteiger partial charge < -0.3 is 21.1 Å². The van der Waals surface area contributed by atoms with E-state index in [9.17, 15) is 27.6 Å². The summed E-state index contributed by atoms with van der Waals surface area (Å²) in [4.78, 5) is 33.8. The number of carbonyl (C=O) groups is 2. The molecule has 0 spiro atoms. The second-order valence-corrected chi connectivity index (χ2v) is 4.43. The van der Waals surface area contributed by atoms with Crippen LogP contribution in [0.2, 0.25) is 0 Å². The largest absolute Gasteiger partial charge is 0.488 e. The first-order valence-electron chi connectivity index (χ1n) is 5.90. The molecule has 0 aromatic heterocycles. The summed E-state index contributed by atoms with van der Waals surface area (Å²) in [6.45, 7) is 0.295. The predicted molar refractivity (Wildman–Crippen MR) is 63.6 cm³/mol. The van der Waals surface area contributed by atoms with Crippen molar-refractivity contribution in [2.75, 3.05) is 13.7 Å². The van der Waals surface area contributed by atoms with Gasteiger partial charge in [-0.2, -0.15) is 13.2 Å². The number of carbonyl (C=O) groups excluding carboxylic acids is 3. The molecule has 118 valence electrons. The normalized spacial score (nSPS) is 23.1. The molecular weight excluding hydrogens is 295 g/mol. The lowest BCUT2D eigenvalue weighted by atomic mass is 10.0. The number of alkyl halides is 3. The van der Waals surface area contributed by atoms with Gasteiger partial charge in [0.05, 0.1) is 13.2 Å². The van der Waals surface area contributed by atoms with E-state index in [2.05, 4.69) is 10.1 Å². The van der Waals surface area contributed by atoms with Crippen LogP contribution in [0.3, 0.4) is 0 Å². The van der Waals surface area contributed by atoms with Gasteiger partial charge in [0.2, 0.25) is 5.76 Å². The first kappa shape index (κ1) is 17.2. The molecule has 7 nitrogen and oxygen atoms in total. The minimum Gasteiger partial charge on any atom is -0.488 e. The first-order chi connectivity index (χ1) is 9.70. The predicted octanol–water partition coefficient (Wildman–Crippen LogP) is -1.35. The quantitative estimate of drug-likeness (QED) is 0.428. The van der Waals surface area contributed by atoms with Crippen LogP contribution in [0.15, 0.2) is 5.76 Å². The minimum atomic E-state index is -5.19. The molecular formula is C11H14F3N3O4. The van der Waals surface area contributed by atoms with Crippen molar-refractivity contribution in [2.45, 2.75) is 30.7 Å². The summed E-state index contributed by atoms with van der Waals surface area (Å²) in [6, 6.07) is -3.09. The second kappa shape index (κ2) is 6.70. The molecule has 1 heterocycles. The fraction of sp³-hybridized carbons (Fsp3) is 0.636. The average Bonchev–Trinajstić information content (AvgIpc) is 2.83. The van der Waals surface area contributed by atoms with Crippen LogP contribution in [0.5, 0.6) is 0 Å². The molecule has 3 atom stereocenters. The average molecular weight is 309 g/mol. The Bertz CT molecular complexity index is 474. The number of rotatable bonds is 5. The molecule has 0 aromatic rings. The van der Waals surface area contributed by atoms with E-state index >= 15 is 0 Å². The monoisotopic (exact) mass is 309 g/mol.